The number of anilines is 2. The summed E-state index contributed by atoms with van der Waals surface area (Å²) in [6, 6.07) is 52.9. The molecule has 0 bridgehead atoms. The summed E-state index contributed by atoms with van der Waals surface area (Å²) in [6.07, 6.45) is 7.26. The van der Waals surface area contributed by atoms with E-state index in [9.17, 15) is 33.3 Å². The number of nitrogens with zero attached hydrogens (tertiary/aromatic N) is 7. The van der Waals surface area contributed by atoms with E-state index < -0.39 is 36.8 Å². The Kier molecular flexibility index (Phi) is 24.1. The molecule has 12 rings (SSSR count). The Hall–Kier alpha value is -10.6. The Morgan fingerprint density at radius 1 is 0.524 bits per heavy atom. The number of benzene rings is 6. The lowest BCUT2D eigenvalue weighted by molar-refractivity contribution is 0.00739. The highest BCUT2D eigenvalue weighted by Gasteiger charge is 2.38. The second-order valence-electron chi connectivity index (χ2n) is 26.6. The van der Waals surface area contributed by atoms with Gasteiger partial charge < -0.3 is 30.9 Å². The van der Waals surface area contributed by atoms with Crippen molar-refractivity contribution in [3.05, 3.63) is 239 Å². The number of ketones is 2. The van der Waals surface area contributed by atoms with Gasteiger partial charge in [-0.15, -0.1) is 0 Å². The first kappa shape index (κ1) is 75.1. The molecule has 7 N–H and O–H groups in total. The average Bonchev–Trinajstić information content (AvgIpc) is 1.64. The minimum absolute atomic E-state index is 0.179. The Bertz CT molecular complexity index is 4670. The van der Waals surface area contributed by atoms with E-state index in [2.05, 4.69) is 25.6 Å². The number of aromatic amines is 1. The van der Waals surface area contributed by atoms with Crippen LogP contribution in [0.2, 0.25) is 10.0 Å². The molecule has 6 heterocycles. The molecule has 0 saturated carbocycles. The fourth-order valence-electron chi connectivity index (χ4n) is 11.8. The largest absolute Gasteiger partial charge is 0.444 e. The molecule has 0 spiro atoms. The van der Waals surface area contributed by atoms with Crippen molar-refractivity contribution < 1.29 is 47.4 Å². The van der Waals surface area contributed by atoms with Gasteiger partial charge in [0.05, 0.1) is 17.8 Å². The van der Waals surface area contributed by atoms with Crippen LogP contribution in [0.4, 0.5) is 21.2 Å². The number of nitrogens with one attached hydrogen (secondary N) is 3. The molecule has 10 aromatic rings. The smallest absolute Gasteiger partial charge is 0.410 e. The summed E-state index contributed by atoms with van der Waals surface area (Å²) < 4.78 is 30.0. The van der Waals surface area contributed by atoms with Crippen LogP contribution in [-0.4, -0.2) is 99.3 Å². The number of ether oxygens (including phenoxy) is 2. The van der Waals surface area contributed by atoms with Gasteiger partial charge in [-0.2, -0.15) is 0 Å². The Balaban J connectivity index is 0.000000182. The maximum Gasteiger partial charge on any atom is 0.410 e. The third-order valence-electron chi connectivity index (χ3n) is 16.8. The molecular formula is C78H81Cl2N12O10P. The van der Waals surface area contributed by atoms with Crippen molar-refractivity contribution in [1.82, 2.24) is 39.4 Å². The van der Waals surface area contributed by atoms with Crippen LogP contribution in [0.25, 0.3) is 44.8 Å². The molecule has 532 valence electrons. The zero-order valence-electron chi connectivity index (χ0n) is 58.4. The van der Waals surface area contributed by atoms with E-state index in [1.165, 1.54) is 18.5 Å². The zero-order valence-corrected chi connectivity index (χ0v) is 60.8. The van der Waals surface area contributed by atoms with Crippen molar-refractivity contribution in [3.63, 3.8) is 0 Å². The summed E-state index contributed by atoms with van der Waals surface area (Å²) in [5, 5.41) is 8.17. The predicted molar refractivity (Wildman–Crippen MR) is 401 cm³/mol. The van der Waals surface area contributed by atoms with Crippen molar-refractivity contribution in [3.8, 4) is 44.8 Å². The number of Topliss-reactive ketones (excluding diaryl/α,β-unsaturated/α-hetero) is 2. The summed E-state index contributed by atoms with van der Waals surface area (Å²) in [6.45, 7) is 14.9. The van der Waals surface area contributed by atoms with E-state index in [1.807, 2.05) is 126 Å². The summed E-state index contributed by atoms with van der Waals surface area (Å²) in [5.74, 6) is 12.3. The summed E-state index contributed by atoms with van der Waals surface area (Å²) >= 11 is 12.0. The highest BCUT2D eigenvalue weighted by molar-refractivity contribution is 7.74. The second-order valence-corrected chi connectivity index (χ2v) is 29.8. The number of nitrogens with two attached hydrogens (primary N) is 2. The number of halogens is 2. The van der Waals surface area contributed by atoms with Crippen LogP contribution in [0.1, 0.15) is 159 Å². The van der Waals surface area contributed by atoms with E-state index in [1.54, 1.807) is 119 Å². The van der Waals surface area contributed by atoms with Gasteiger partial charge in [0, 0.05) is 82.2 Å². The van der Waals surface area contributed by atoms with Gasteiger partial charge in [-0.25, -0.2) is 44.7 Å². The Morgan fingerprint density at radius 3 is 1.36 bits per heavy atom. The van der Waals surface area contributed by atoms with Gasteiger partial charge in [0.15, 0.2) is 17.4 Å². The molecule has 4 amide bonds. The van der Waals surface area contributed by atoms with Gasteiger partial charge in [-0.3, -0.25) is 33.5 Å². The highest BCUT2D eigenvalue weighted by Crippen LogP contribution is 2.43. The van der Waals surface area contributed by atoms with Gasteiger partial charge in [0.1, 0.15) is 45.7 Å². The lowest BCUT2D eigenvalue weighted by Crippen LogP contribution is -2.43. The number of carbonyl (C=O) groups excluding carboxylic acids is 6. The van der Waals surface area contributed by atoms with Crippen LogP contribution in [-0.2, 0) is 18.7 Å². The molecule has 2 atom stereocenters. The van der Waals surface area contributed by atoms with E-state index in [0.717, 1.165) is 47.9 Å². The first-order valence-corrected chi connectivity index (χ1v) is 35.9. The minimum Gasteiger partial charge on any atom is -0.444 e. The van der Waals surface area contributed by atoms with Gasteiger partial charge in [-0.05, 0) is 199 Å². The van der Waals surface area contributed by atoms with Crippen LogP contribution in [0.3, 0.4) is 0 Å². The molecule has 4 aromatic heterocycles. The molecule has 6 aromatic carbocycles. The van der Waals surface area contributed by atoms with E-state index in [-0.39, 0.29) is 35.1 Å². The molecule has 2 fully saturated rings. The number of hydrogen-bond donors (Lipinski definition) is 5. The third-order valence-corrected chi connectivity index (χ3v) is 19.5. The van der Waals surface area contributed by atoms with Crippen LogP contribution in [0.15, 0.2) is 194 Å². The number of carbonyl (C=O) groups is 6. The molecule has 0 radical (unpaired) electrons. The van der Waals surface area contributed by atoms with Crippen molar-refractivity contribution in [2.75, 3.05) is 29.6 Å². The van der Waals surface area contributed by atoms with Gasteiger partial charge in [-0.1, -0.05) is 108 Å². The quantitative estimate of drug-likeness (QED) is 0.0276. The third kappa shape index (κ3) is 18.9. The van der Waals surface area contributed by atoms with Gasteiger partial charge >= 0.3 is 12.2 Å². The van der Waals surface area contributed by atoms with Crippen molar-refractivity contribution in [1.29, 1.82) is 0 Å². The Labute approximate surface area is 607 Å². The molecular weight excluding hydrogens is 1370 g/mol. The topological polar surface area (TPSA) is 302 Å². The van der Waals surface area contributed by atoms with Crippen LogP contribution >= 0.6 is 30.6 Å². The minimum atomic E-state index is -3.13. The zero-order chi connectivity index (χ0) is 73.8. The van der Waals surface area contributed by atoms with Gasteiger partial charge in [0.2, 0.25) is 0 Å². The number of piperidine rings is 2. The first-order valence-electron chi connectivity index (χ1n) is 33.5. The van der Waals surface area contributed by atoms with Crippen molar-refractivity contribution >= 4 is 88.4 Å². The van der Waals surface area contributed by atoms with E-state index >= 15 is 0 Å². The lowest BCUT2D eigenvalue weighted by Gasteiger charge is -2.36. The van der Waals surface area contributed by atoms with E-state index in [0.29, 0.717) is 109 Å². The number of hydrogen-bond acceptors (Lipinski definition) is 16. The molecule has 0 aliphatic carbocycles. The monoisotopic (exact) mass is 1450 g/mol. The maximum atomic E-state index is 13.1. The number of imidazole rings is 2. The fraction of sp³-hybridized carbons (Fsp3) is 0.256. The molecule has 2 aliphatic heterocycles. The number of pyridine rings is 2. The number of H-pyrrole nitrogens is 1. The molecule has 2 aliphatic rings. The number of rotatable bonds is 15. The van der Waals surface area contributed by atoms with Crippen molar-refractivity contribution in [2.45, 2.75) is 117 Å². The molecule has 0 unspecified atom stereocenters. The molecule has 25 heteroatoms. The SMILES string of the molecule is CC(=O)c1[nH]c([C@@H]2CCCCN2C(=O)OC(C)(C)C)nc1-c1ccc(C(=O)Nc2cc(-c3ccc(Cl)cc3)ccn2)cc1.CC(=O)c1c(-c2ccc(C(=O)Nc3cc(-c4ccc(Cl)cc4)ccn3)cc2)nc([C@@H]2CCCCN2C(=O)OC(C)(C)C)n1N.NOP(=O)(c1ccccc1)c1ccccc1. The Morgan fingerprint density at radius 2 is 0.942 bits per heavy atom. The molecule has 22 nitrogen and oxygen atoms in total. The average molecular weight is 1450 g/mol. The summed E-state index contributed by atoms with van der Waals surface area (Å²) in [4.78, 5) is 102. The fourth-order valence-corrected chi connectivity index (χ4v) is 13.7. The van der Waals surface area contributed by atoms with Crippen LogP contribution < -0.4 is 33.0 Å². The van der Waals surface area contributed by atoms with Crippen molar-refractivity contribution in [2.24, 2.45) is 5.90 Å². The number of aromatic nitrogens is 6. The number of nitrogen functional groups attached to an aromatic ring is 1. The summed E-state index contributed by atoms with van der Waals surface area (Å²) in [5.41, 5.74) is 5.92. The standard InChI is InChI=1S/C33H35ClN6O4.C33H34ClN5O4.C12H12NO2P/c1-20(41)29-28(38-30(40(29)35)26-7-5-6-18-39(26)32(43)44-33(2,3)4)22-8-10-23(11-9-22)31(42)37-27-19-24(16-17-36-27)21-12-14-25(34)15-13-21;1-20(40)28-29(38-30(37-28)26-7-5-6-18-39(26)32(42)43-33(2,3)4)22-8-10-23(11-9-22)31(41)36-27-19-24(16-17-35-27)21-12-14-25(34)15-13-21;13-15-16(14,11-7-3-1-4-8-11)12-9-5-2-6-10-12/h8-17,19,26H,5-7,18,35H2,1-4H3,(H,36,37,42);8-17,19,26H,5-7,18H2,1-4H3,(H,37,38)(H,35,36,41);1-10H,13H2/t2*26-;/m00./s1. The number of likely N-dealkylation sites (tertiary alicyclic amines) is 2. The summed E-state index contributed by atoms with van der Waals surface area (Å²) in [7, 11) is -3.13. The number of amides is 4. The van der Waals surface area contributed by atoms with E-state index in [4.69, 9.17) is 59.0 Å². The maximum absolute atomic E-state index is 13.1. The lowest BCUT2D eigenvalue weighted by atomic mass is 10.0. The van der Waals surface area contributed by atoms with Crippen LogP contribution in [0.5, 0.6) is 0 Å². The highest BCUT2D eigenvalue weighted by atomic mass is 35.5. The molecule has 2 saturated heterocycles. The molecule has 103 heavy (non-hydrogen) atoms. The normalized spacial score (nSPS) is 14.6. The van der Waals surface area contributed by atoms with Gasteiger partial charge in [0.25, 0.3) is 19.2 Å². The van der Waals surface area contributed by atoms with Crippen LogP contribution in [0, 0.1) is 0 Å². The first-order chi connectivity index (χ1) is 49.2. The second kappa shape index (κ2) is 33.0. The predicted octanol–water partition coefficient (Wildman–Crippen LogP) is 16.4.